The van der Waals surface area contributed by atoms with Gasteiger partial charge in [-0.3, -0.25) is 0 Å². The van der Waals surface area contributed by atoms with Gasteiger partial charge in [-0.05, 0) is 37.6 Å². The molecule has 1 saturated heterocycles. The van der Waals surface area contributed by atoms with Gasteiger partial charge in [0.25, 0.3) is 0 Å². The van der Waals surface area contributed by atoms with Gasteiger partial charge in [-0.15, -0.1) is 11.8 Å². The Kier molecular flexibility index (Phi) is 3.81. The predicted molar refractivity (Wildman–Crippen MR) is 59.6 cm³/mol. The van der Waals surface area contributed by atoms with Crippen molar-refractivity contribution in [1.82, 2.24) is 5.32 Å². The van der Waals surface area contributed by atoms with Gasteiger partial charge < -0.3 is 5.32 Å². The van der Waals surface area contributed by atoms with E-state index in [0.717, 1.165) is 12.3 Å². The predicted octanol–water partition coefficient (Wildman–Crippen LogP) is 2.67. The molecule has 13 heavy (non-hydrogen) atoms. The third-order valence-electron chi connectivity index (χ3n) is 3.52. The number of rotatable bonds is 2. The molecule has 1 heterocycles. The summed E-state index contributed by atoms with van der Waals surface area (Å²) < 4.78 is 0. The third kappa shape index (κ3) is 2.48. The van der Waals surface area contributed by atoms with E-state index in [-0.39, 0.29) is 1.43 Å². The summed E-state index contributed by atoms with van der Waals surface area (Å²) in [5.41, 5.74) is 0.474. The summed E-state index contributed by atoms with van der Waals surface area (Å²) in [6, 6.07) is 0. The highest BCUT2D eigenvalue weighted by molar-refractivity contribution is 5.00. The summed E-state index contributed by atoms with van der Waals surface area (Å²) in [6.45, 7) is 8.95. The summed E-state index contributed by atoms with van der Waals surface area (Å²) >= 11 is 0. The lowest BCUT2D eigenvalue weighted by Gasteiger charge is -2.40. The van der Waals surface area contributed by atoms with E-state index >= 15 is 0 Å². The zero-order valence-corrected chi connectivity index (χ0v) is 9.11. The minimum atomic E-state index is 0. The quantitative estimate of drug-likeness (QED) is 0.646. The zero-order chi connectivity index (χ0) is 9.73. The Morgan fingerprint density at radius 3 is 3.00 bits per heavy atom. The first-order valence-corrected chi connectivity index (χ1v) is 5.33. The standard InChI is InChI=1S/C12H21N.H2/c1-4-6-7-11-8-9-13-10-12(11,3)5-2;/h11,13H,5,7-10H2,1-3H3;1H. The van der Waals surface area contributed by atoms with Crippen LogP contribution >= 0.6 is 0 Å². The molecule has 1 rings (SSSR count). The maximum absolute atomic E-state index is 3.48. The fourth-order valence-corrected chi connectivity index (χ4v) is 2.13. The van der Waals surface area contributed by atoms with Gasteiger partial charge in [0.15, 0.2) is 0 Å². The highest BCUT2D eigenvalue weighted by atomic mass is 14.9. The molecule has 0 amide bonds. The number of nitrogens with one attached hydrogen (secondary N) is 1. The second-order valence-electron chi connectivity index (χ2n) is 4.30. The van der Waals surface area contributed by atoms with Crippen molar-refractivity contribution >= 4 is 0 Å². The largest absolute Gasteiger partial charge is 0.316 e. The molecular weight excluding hydrogens is 158 g/mol. The van der Waals surface area contributed by atoms with Gasteiger partial charge in [-0.2, -0.15) is 0 Å². The first kappa shape index (κ1) is 10.6. The lowest BCUT2D eigenvalue weighted by atomic mass is 9.70. The van der Waals surface area contributed by atoms with E-state index in [2.05, 4.69) is 31.0 Å². The molecule has 0 bridgehead atoms. The summed E-state index contributed by atoms with van der Waals surface area (Å²) in [5, 5.41) is 3.48. The first-order chi connectivity index (χ1) is 6.23. The van der Waals surface area contributed by atoms with Crippen molar-refractivity contribution in [2.75, 3.05) is 13.1 Å². The van der Waals surface area contributed by atoms with E-state index in [9.17, 15) is 0 Å². The van der Waals surface area contributed by atoms with Gasteiger partial charge in [0, 0.05) is 14.4 Å². The Hall–Kier alpha value is -0.480. The Balaban J connectivity index is 0.00000169. The van der Waals surface area contributed by atoms with Gasteiger partial charge in [-0.1, -0.05) is 13.8 Å². The average Bonchev–Trinajstić information content (AvgIpc) is 2.17. The number of piperidine rings is 1. The molecule has 0 radical (unpaired) electrons. The average molecular weight is 181 g/mol. The van der Waals surface area contributed by atoms with Crippen LogP contribution in [-0.2, 0) is 0 Å². The lowest BCUT2D eigenvalue weighted by molar-refractivity contribution is 0.131. The van der Waals surface area contributed by atoms with Crippen LogP contribution < -0.4 is 5.32 Å². The van der Waals surface area contributed by atoms with Crippen LogP contribution in [0.5, 0.6) is 0 Å². The van der Waals surface area contributed by atoms with E-state index in [0.29, 0.717) is 5.41 Å². The van der Waals surface area contributed by atoms with E-state index < -0.39 is 0 Å². The smallest absolute Gasteiger partial charge is 0.0123 e. The Morgan fingerprint density at radius 1 is 1.62 bits per heavy atom. The van der Waals surface area contributed by atoms with Crippen LogP contribution in [0, 0.1) is 23.2 Å². The highest BCUT2D eigenvalue weighted by Crippen LogP contribution is 2.37. The molecule has 0 spiro atoms. The highest BCUT2D eigenvalue weighted by Gasteiger charge is 2.33. The van der Waals surface area contributed by atoms with Crippen LogP contribution in [0.25, 0.3) is 0 Å². The van der Waals surface area contributed by atoms with Crippen molar-refractivity contribution < 1.29 is 1.43 Å². The molecule has 2 unspecified atom stereocenters. The fraction of sp³-hybridized carbons (Fsp3) is 0.833. The topological polar surface area (TPSA) is 12.0 Å². The van der Waals surface area contributed by atoms with E-state index in [4.69, 9.17) is 0 Å². The molecule has 1 fully saturated rings. The van der Waals surface area contributed by atoms with Crippen molar-refractivity contribution in [3.8, 4) is 11.8 Å². The Morgan fingerprint density at radius 2 is 2.38 bits per heavy atom. The van der Waals surface area contributed by atoms with Gasteiger partial charge in [0.05, 0.1) is 0 Å². The summed E-state index contributed by atoms with van der Waals surface area (Å²) in [4.78, 5) is 0. The Labute approximate surface area is 83.8 Å². The Bertz CT molecular complexity index is 216. The van der Waals surface area contributed by atoms with Crippen LogP contribution in [0.3, 0.4) is 0 Å². The zero-order valence-electron chi connectivity index (χ0n) is 9.11. The van der Waals surface area contributed by atoms with Crippen molar-refractivity contribution in [2.45, 2.75) is 40.0 Å². The third-order valence-corrected chi connectivity index (χ3v) is 3.52. The van der Waals surface area contributed by atoms with Crippen LogP contribution in [0.15, 0.2) is 0 Å². The fourth-order valence-electron chi connectivity index (χ4n) is 2.13. The molecule has 0 aromatic rings. The molecule has 1 aliphatic rings. The maximum Gasteiger partial charge on any atom is 0.0123 e. The SMILES string of the molecule is CC#CCC1CCNCC1(C)CC.[HH]. The summed E-state index contributed by atoms with van der Waals surface area (Å²) in [7, 11) is 0. The molecule has 0 aliphatic carbocycles. The maximum atomic E-state index is 3.48. The monoisotopic (exact) mass is 181 g/mol. The molecule has 1 nitrogen and oxygen atoms in total. The molecule has 76 valence electrons. The molecular formula is C12H23N. The second kappa shape index (κ2) is 4.67. The van der Waals surface area contributed by atoms with Crippen molar-refractivity contribution in [3.63, 3.8) is 0 Å². The minimum Gasteiger partial charge on any atom is -0.316 e. The molecule has 0 saturated carbocycles. The number of hydrogen-bond acceptors (Lipinski definition) is 1. The van der Waals surface area contributed by atoms with Crippen LogP contribution in [0.4, 0.5) is 0 Å². The van der Waals surface area contributed by atoms with E-state index in [1.54, 1.807) is 0 Å². The summed E-state index contributed by atoms with van der Waals surface area (Å²) in [5.74, 6) is 7.03. The van der Waals surface area contributed by atoms with Gasteiger partial charge in [0.2, 0.25) is 0 Å². The van der Waals surface area contributed by atoms with Crippen molar-refractivity contribution in [2.24, 2.45) is 11.3 Å². The van der Waals surface area contributed by atoms with Gasteiger partial charge in [-0.25, -0.2) is 0 Å². The molecule has 0 aromatic heterocycles. The molecule has 1 heteroatoms. The van der Waals surface area contributed by atoms with E-state index in [1.165, 1.54) is 25.9 Å². The van der Waals surface area contributed by atoms with Crippen LogP contribution in [0.2, 0.25) is 0 Å². The normalized spacial score (nSPS) is 33.6. The van der Waals surface area contributed by atoms with Crippen LogP contribution in [0.1, 0.15) is 41.5 Å². The van der Waals surface area contributed by atoms with Crippen molar-refractivity contribution in [3.05, 3.63) is 0 Å². The van der Waals surface area contributed by atoms with Crippen molar-refractivity contribution in [1.29, 1.82) is 0 Å². The van der Waals surface area contributed by atoms with E-state index in [1.807, 2.05) is 6.92 Å². The van der Waals surface area contributed by atoms with Gasteiger partial charge in [0.1, 0.15) is 0 Å². The lowest BCUT2D eigenvalue weighted by Crippen LogP contribution is -2.44. The minimum absolute atomic E-state index is 0. The van der Waals surface area contributed by atoms with Crippen LogP contribution in [-0.4, -0.2) is 13.1 Å². The molecule has 0 aromatic carbocycles. The molecule has 1 aliphatic heterocycles. The summed E-state index contributed by atoms with van der Waals surface area (Å²) in [6.07, 6.45) is 3.64. The van der Waals surface area contributed by atoms with Gasteiger partial charge >= 0.3 is 0 Å². The first-order valence-electron chi connectivity index (χ1n) is 5.33. The number of hydrogen-bond donors (Lipinski definition) is 1. The molecule has 2 atom stereocenters. The second-order valence-corrected chi connectivity index (χ2v) is 4.30. The molecule has 1 N–H and O–H groups in total.